The normalized spacial score (nSPS) is 11.1. The molecule has 1 amide bonds. The van der Waals surface area contributed by atoms with Crippen molar-refractivity contribution >= 4 is 23.5 Å². The fourth-order valence-electron chi connectivity index (χ4n) is 1.76. The Bertz CT molecular complexity index is 476. The third-order valence-electron chi connectivity index (χ3n) is 2.69. The SMILES string of the molecule is CCNC(=O)CN=C(NCC)NCCc1cccc(Cl)c1. The highest BCUT2D eigenvalue weighted by molar-refractivity contribution is 6.30. The smallest absolute Gasteiger partial charge is 0.241 e. The van der Waals surface area contributed by atoms with Gasteiger partial charge in [0.15, 0.2) is 5.96 Å². The van der Waals surface area contributed by atoms with Crippen LogP contribution in [0.4, 0.5) is 0 Å². The van der Waals surface area contributed by atoms with Gasteiger partial charge in [-0.3, -0.25) is 4.79 Å². The van der Waals surface area contributed by atoms with Crippen LogP contribution in [0.2, 0.25) is 5.02 Å². The van der Waals surface area contributed by atoms with Crippen LogP contribution in [0.15, 0.2) is 29.3 Å². The maximum absolute atomic E-state index is 11.4. The summed E-state index contributed by atoms with van der Waals surface area (Å²) in [6.45, 7) is 6.09. The molecule has 0 aliphatic rings. The van der Waals surface area contributed by atoms with E-state index in [1.165, 1.54) is 0 Å². The van der Waals surface area contributed by atoms with Crippen molar-refractivity contribution in [3.63, 3.8) is 0 Å². The summed E-state index contributed by atoms with van der Waals surface area (Å²) < 4.78 is 0. The van der Waals surface area contributed by atoms with Gasteiger partial charge in [-0.25, -0.2) is 4.99 Å². The Kier molecular flexibility index (Phi) is 8.28. The van der Waals surface area contributed by atoms with Crippen molar-refractivity contribution in [2.45, 2.75) is 20.3 Å². The zero-order valence-electron chi connectivity index (χ0n) is 12.6. The van der Waals surface area contributed by atoms with Crippen molar-refractivity contribution in [2.24, 2.45) is 4.99 Å². The minimum absolute atomic E-state index is 0.0791. The molecule has 0 spiro atoms. The number of hydrogen-bond donors (Lipinski definition) is 3. The molecule has 116 valence electrons. The first kappa shape index (κ1) is 17.3. The van der Waals surface area contributed by atoms with Crippen LogP contribution in [-0.4, -0.2) is 38.0 Å². The Morgan fingerprint density at radius 1 is 1.19 bits per heavy atom. The van der Waals surface area contributed by atoms with E-state index in [0.29, 0.717) is 12.5 Å². The number of guanidine groups is 1. The zero-order valence-corrected chi connectivity index (χ0v) is 13.3. The molecule has 0 atom stereocenters. The molecule has 0 aromatic heterocycles. The van der Waals surface area contributed by atoms with Crippen LogP contribution in [0.25, 0.3) is 0 Å². The van der Waals surface area contributed by atoms with Crippen molar-refractivity contribution in [2.75, 3.05) is 26.2 Å². The second-order valence-corrected chi connectivity index (χ2v) is 4.89. The van der Waals surface area contributed by atoms with E-state index in [9.17, 15) is 4.79 Å². The second-order valence-electron chi connectivity index (χ2n) is 4.46. The van der Waals surface area contributed by atoms with Crippen molar-refractivity contribution < 1.29 is 4.79 Å². The number of benzene rings is 1. The Morgan fingerprint density at radius 2 is 1.95 bits per heavy atom. The molecule has 5 nitrogen and oxygen atoms in total. The van der Waals surface area contributed by atoms with Gasteiger partial charge in [0.2, 0.25) is 5.91 Å². The summed E-state index contributed by atoms with van der Waals surface area (Å²) in [6.07, 6.45) is 0.839. The molecule has 3 N–H and O–H groups in total. The highest BCUT2D eigenvalue weighted by atomic mass is 35.5. The quantitative estimate of drug-likeness (QED) is 0.529. The lowest BCUT2D eigenvalue weighted by atomic mass is 10.1. The van der Waals surface area contributed by atoms with Crippen molar-refractivity contribution in [1.29, 1.82) is 0 Å². The number of nitrogens with one attached hydrogen (secondary N) is 3. The van der Waals surface area contributed by atoms with Gasteiger partial charge in [0.25, 0.3) is 0 Å². The molecule has 1 aromatic carbocycles. The van der Waals surface area contributed by atoms with E-state index in [0.717, 1.165) is 30.1 Å². The van der Waals surface area contributed by atoms with E-state index >= 15 is 0 Å². The lowest BCUT2D eigenvalue weighted by molar-refractivity contribution is -0.119. The molecule has 6 heteroatoms. The van der Waals surface area contributed by atoms with Gasteiger partial charge < -0.3 is 16.0 Å². The molecule has 0 saturated carbocycles. The summed E-state index contributed by atoms with van der Waals surface area (Å²) in [5, 5.41) is 9.77. The zero-order chi connectivity index (χ0) is 15.5. The summed E-state index contributed by atoms with van der Waals surface area (Å²) in [7, 11) is 0. The topological polar surface area (TPSA) is 65.5 Å². The average Bonchev–Trinajstić information content (AvgIpc) is 2.45. The molecule has 0 aliphatic heterocycles. The first-order valence-corrected chi connectivity index (χ1v) is 7.56. The predicted molar refractivity (Wildman–Crippen MR) is 87.8 cm³/mol. The minimum Gasteiger partial charge on any atom is -0.357 e. The number of rotatable bonds is 7. The monoisotopic (exact) mass is 310 g/mol. The molecule has 21 heavy (non-hydrogen) atoms. The van der Waals surface area contributed by atoms with Gasteiger partial charge in [-0.1, -0.05) is 23.7 Å². The number of halogens is 1. The van der Waals surface area contributed by atoms with Crippen LogP contribution >= 0.6 is 11.6 Å². The molecule has 0 unspecified atom stereocenters. The number of hydrogen-bond acceptors (Lipinski definition) is 2. The van der Waals surface area contributed by atoms with Crippen molar-refractivity contribution in [3.05, 3.63) is 34.9 Å². The Morgan fingerprint density at radius 3 is 2.62 bits per heavy atom. The van der Waals surface area contributed by atoms with E-state index in [-0.39, 0.29) is 12.5 Å². The highest BCUT2D eigenvalue weighted by Crippen LogP contribution is 2.10. The van der Waals surface area contributed by atoms with Crippen LogP contribution < -0.4 is 16.0 Å². The summed E-state index contributed by atoms with van der Waals surface area (Å²) in [4.78, 5) is 15.6. The summed E-state index contributed by atoms with van der Waals surface area (Å²) in [5.74, 6) is 0.565. The minimum atomic E-state index is -0.0791. The van der Waals surface area contributed by atoms with Crippen LogP contribution in [0, 0.1) is 0 Å². The molecule has 1 aromatic rings. The maximum atomic E-state index is 11.4. The summed E-state index contributed by atoms with van der Waals surface area (Å²) >= 11 is 5.95. The van der Waals surface area contributed by atoms with Crippen molar-refractivity contribution in [3.8, 4) is 0 Å². The van der Waals surface area contributed by atoms with E-state index < -0.39 is 0 Å². The largest absolute Gasteiger partial charge is 0.357 e. The summed E-state index contributed by atoms with van der Waals surface area (Å²) in [5.41, 5.74) is 1.16. The van der Waals surface area contributed by atoms with Gasteiger partial charge in [0.1, 0.15) is 6.54 Å². The van der Waals surface area contributed by atoms with E-state index in [1.54, 1.807) is 0 Å². The van der Waals surface area contributed by atoms with E-state index in [4.69, 9.17) is 11.6 Å². The highest BCUT2D eigenvalue weighted by Gasteiger charge is 2.01. The van der Waals surface area contributed by atoms with Crippen LogP contribution in [0.3, 0.4) is 0 Å². The van der Waals surface area contributed by atoms with Crippen molar-refractivity contribution in [1.82, 2.24) is 16.0 Å². The molecular weight excluding hydrogens is 288 g/mol. The van der Waals surface area contributed by atoms with E-state index in [2.05, 4.69) is 20.9 Å². The fourth-order valence-corrected chi connectivity index (χ4v) is 1.98. The Labute approximate surface area is 131 Å². The third kappa shape index (κ3) is 7.56. The standard InChI is InChI=1S/C15H23ClN4O/c1-3-17-14(21)11-20-15(18-4-2)19-9-8-12-6-5-7-13(16)10-12/h5-7,10H,3-4,8-9,11H2,1-2H3,(H,17,21)(H2,18,19,20). The van der Waals surface area contributed by atoms with Gasteiger partial charge in [-0.2, -0.15) is 0 Å². The average molecular weight is 311 g/mol. The number of likely N-dealkylation sites (N-methyl/N-ethyl adjacent to an activating group) is 1. The number of carbonyl (C=O) groups excluding carboxylic acids is 1. The van der Waals surface area contributed by atoms with Gasteiger partial charge in [0, 0.05) is 24.7 Å². The molecule has 0 radical (unpaired) electrons. The first-order valence-electron chi connectivity index (χ1n) is 7.19. The molecule has 1 rings (SSSR count). The number of nitrogens with zero attached hydrogens (tertiary/aromatic N) is 1. The Hall–Kier alpha value is -1.75. The first-order chi connectivity index (χ1) is 10.2. The molecule has 0 fully saturated rings. The number of carbonyl (C=O) groups is 1. The fraction of sp³-hybridized carbons (Fsp3) is 0.467. The lowest BCUT2D eigenvalue weighted by Crippen LogP contribution is -2.39. The third-order valence-corrected chi connectivity index (χ3v) is 2.93. The molecule has 0 aliphatic carbocycles. The van der Waals surface area contributed by atoms with Gasteiger partial charge in [-0.15, -0.1) is 0 Å². The molecule has 0 saturated heterocycles. The van der Waals surface area contributed by atoms with E-state index in [1.807, 2.05) is 38.1 Å². The molecular formula is C15H23ClN4O. The lowest BCUT2D eigenvalue weighted by Gasteiger charge is -2.11. The second kappa shape index (κ2) is 10.0. The molecule has 0 bridgehead atoms. The summed E-state index contributed by atoms with van der Waals surface area (Å²) in [6, 6.07) is 7.77. The van der Waals surface area contributed by atoms with Gasteiger partial charge >= 0.3 is 0 Å². The molecule has 0 heterocycles. The number of amides is 1. The van der Waals surface area contributed by atoms with Gasteiger partial charge in [-0.05, 0) is 38.0 Å². The predicted octanol–water partition coefficient (Wildman–Crippen LogP) is 1.57. The van der Waals surface area contributed by atoms with Crippen LogP contribution in [-0.2, 0) is 11.2 Å². The maximum Gasteiger partial charge on any atom is 0.241 e. The Balaban J connectivity index is 2.43. The van der Waals surface area contributed by atoms with Crippen LogP contribution in [0.1, 0.15) is 19.4 Å². The van der Waals surface area contributed by atoms with Gasteiger partial charge in [0.05, 0.1) is 0 Å². The van der Waals surface area contributed by atoms with Crippen LogP contribution in [0.5, 0.6) is 0 Å². The number of aliphatic imine (C=N–C) groups is 1.